The smallest absolute Gasteiger partial charge is 0.339 e. The Bertz CT molecular complexity index is 1050. The number of benzene rings is 2. The number of hydrogen-bond donors (Lipinski definition) is 1. The molecule has 132 valence electrons. The van der Waals surface area contributed by atoms with Gasteiger partial charge in [0.1, 0.15) is 0 Å². The van der Waals surface area contributed by atoms with Crippen molar-refractivity contribution in [2.24, 2.45) is 0 Å². The molecule has 27 heavy (non-hydrogen) atoms. The summed E-state index contributed by atoms with van der Waals surface area (Å²) in [6, 6.07) is 18.8. The molecule has 0 spiro atoms. The van der Waals surface area contributed by atoms with Gasteiger partial charge in [-0.05, 0) is 47.4 Å². The largest absolute Gasteiger partial charge is 0.465 e. The minimum absolute atomic E-state index is 0.397. The zero-order valence-electron chi connectivity index (χ0n) is 14.8. The first kappa shape index (κ1) is 18.0. The highest BCUT2D eigenvalue weighted by molar-refractivity contribution is 5.92. The van der Waals surface area contributed by atoms with E-state index in [1.807, 2.05) is 36.5 Å². The third-order valence-electron chi connectivity index (χ3n) is 4.35. The number of H-pyrrole nitrogens is 1. The molecular formula is C22H17N3O2. The summed E-state index contributed by atoms with van der Waals surface area (Å²) in [4.78, 5) is 15.6. The van der Waals surface area contributed by atoms with Gasteiger partial charge >= 0.3 is 5.97 Å². The number of aromatic amines is 1. The summed E-state index contributed by atoms with van der Waals surface area (Å²) in [6.45, 7) is 0. The molecule has 5 nitrogen and oxygen atoms in total. The highest BCUT2D eigenvalue weighted by atomic mass is 16.5. The zero-order valence-corrected chi connectivity index (χ0v) is 14.8. The van der Waals surface area contributed by atoms with E-state index in [0.29, 0.717) is 29.5 Å². The Morgan fingerprint density at radius 3 is 2.41 bits per heavy atom. The molecule has 0 bridgehead atoms. The van der Waals surface area contributed by atoms with Crippen molar-refractivity contribution in [3.05, 3.63) is 93.8 Å². The molecule has 5 heteroatoms. The Morgan fingerprint density at radius 2 is 1.74 bits per heavy atom. The van der Waals surface area contributed by atoms with Crippen molar-refractivity contribution in [1.29, 1.82) is 10.5 Å². The lowest BCUT2D eigenvalue weighted by molar-refractivity contribution is 0.0599. The Morgan fingerprint density at radius 1 is 1.00 bits per heavy atom. The van der Waals surface area contributed by atoms with E-state index < -0.39 is 5.97 Å². The van der Waals surface area contributed by atoms with Gasteiger partial charge in [-0.2, -0.15) is 10.5 Å². The Hall–Kier alpha value is -3.83. The molecule has 3 rings (SSSR count). The first-order valence-electron chi connectivity index (χ1n) is 8.40. The van der Waals surface area contributed by atoms with Gasteiger partial charge in [0, 0.05) is 18.3 Å². The van der Waals surface area contributed by atoms with Gasteiger partial charge in [-0.1, -0.05) is 24.3 Å². The highest BCUT2D eigenvalue weighted by Crippen LogP contribution is 2.22. The zero-order chi connectivity index (χ0) is 19.2. The van der Waals surface area contributed by atoms with Crippen LogP contribution in [0.3, 0.4) is 0 Å². The van der Waals surface area contributed by atoms with Crippen LogP contribution in [0.4, 0.5) is 0 Å². The number of carbonyl (C=O) groups is 1. The molecule has 1 aromatic heterocycles. The molecule has 3 aromatic rings. The van der Waals surface area contributed by atoms with Crippen molar-refractivity contribution in [1.82, 2.24) is 4.98 Å². The summed E-state index contributed by atoms with van der Waals surface area (Å²) >= 11 is 0. The number of ether oxygens (including phenoxy) is 1. The van der Waals surface area contributed by atoms with Crippen molar-refractivity contribution in [3.8, 4) is 12.1 Å². The number of carbonyl (C=O) groups excluding carboxylic acids is 1. The van der Waals surface area contributed by atoms with Gasteiger partial charge < -0.3 is 9.72 Å². The van der Waals surface area contributed by atoms with Gasteiger partial charge in [0.25, 0.3) is 0 Å². The van der Waals surface area contributed by atoms with Crippen LogP contribution < -0.4 is 0 Å². The average Bonchev–Trinajstić information content (AvgIpc) is 3.10. The van der Waals surface area contributed by atoms with Crippen LogP contribution in [0.15, 0.2) is 54.7 Å². The maximum Gasteiger partial charge on any atom is 0.339 e. The van der Waals surface area contributed by atoms with Crippen LogP contribution in [0.2, 0.25) is 0 Å². The fraction of sp³-hybridized carbons (Fsp3) is 0.136. The number of nitriles is 2. The fourth-order valence-corrected chi connectivity index (χ4v) is 3.02. The van der Waals surface area contributed by atoms with E-state index in [0.717, 1.165) is 22.4 Å². The van der Waals surface area contributed by atoms with E-state index in [-0.39, 0.29) is 0 Å². The minimum Gasteiger partial charge on any atom is -0.465 e. The molecule has 0 fully saturated rings. The van der Waals surface area contributed by atoms with Gasteiger partial charge in [0.15, 0.2) is 0 Å². The van der Waals surface area contributed by atoms with Gasteiger partial charge in [-0.3, -0.25) is 0 Å². The molecule has 0 aliphatic carbocycles. The van der Waals surface area contributed by atoms with E-state index in [1.165, 1.54) is 7.11 Å². The normalized spacial score (nSPS) is 10.0. The summed E-state index contributed by atoms with van der Waals surface area (Å²) < 4.78 is 4.98. The van der Waals surface area contributed by atoms with Crippen LogP contribution in [-0.2, 0) is 17.6 Å². The first-order valence-corrected chi connectivity index (χ1v) is 8.40. The lowest BCUT2D eigenvalue weighted by Gasteiger charge is -2.07. The molecule has 1 N–H and O–H groups in total. The van der Waals surface area contributed by atoms with Gasteiger partial charge in [-0.15, -0.1) is 0 Å². The lowest BCUT2D eigenvalue weighted by atomic mass is 9.99. The SMILES string of the molecule is COC(=O)c1c(Cc2cccc(C#N)c2)c[nH]c1Cc1ccc(C#N)cc1. The molecule has 0 amide bonds. The molecule has 0 aliphatic rings. The van der Waals surface area contributed by atoms with Gasteiger partial charge in [0.05, 0.1) is 35.9 Å². The summed E-state index contributed by atoms with van der Waals surface area (Å²) in [6.07, 6.45) is 2.85. The molecule has 0 atom stereocenters. The van der Waals surface area contributed by atoms with E-state index in [1.54, 1.807) is 18.2 Å². The number of aromatic nitrogens is 1. The van der Waals surface area contributed by atoms with Crippen LogP contribution in [0.25, 0.3) is 0 Å². The van der Waals surface area contributed by atoms with E-state index in [2.05, 4.69) is 17.1 Å². The number of nitrogens with one attached hydrogen (secondary N) is 1. The van der Waals surface area contributed by atoms with Gasteiger partial charge in [0.2, 0.25) is 0 Å². The van der Waals surface area contributed by atoms with E-state index in [9.17, 15) is 4.79 Å². The van der Waals surface area contributed by atoms with Crippen LogP contribution in [0.1, 0.15) is 43.9 Å². The number of esters is 1. The van der Waals surface area contributed by atoms with Crippen LogP contribution in [0, 0.1) is 22.7 Å². The topological polar surface area (TPSA) is 89.7 Å². The summed E-state index contributed by atoms with van der Waals surface area (Å²) in [7, 11) is 1.36. The predicted octanol–water partition coefficient (Wildman–Crippen LogP) is 3.73. The third-order valence-corrected chi connectivity index (χ3v) is 4.35. The highest BCUT2D eigenvalue weighted by Gasteiger charge is 2.20. The Labute approximate surface area is 157 Å². The fourth-order valence-electron chi connectivity index (χ4n) is 3.02. The van der Waals surface area contributed by atoms with Crippen molar-refractivity contribution in [2.45, 2.75) is 12.8 Å². The molecular weight excluding hydrogens is 338 g/mol. The second kappa shape index (κ2) is 8.03. The maximum atomic E-state index is 12.4. The number of rotatable bonds is 5. The van der Waals surface area contributed by atoms with Crippen molar-refractivity contribution < 1.29 is 9.53 Å². The standard InChI is InChI=1S/C22H17N3O2/c1-27-22(26)21-19(10-17-3-2-4-18(9-17)13-24)14-25-20(21)11-15-5-7-16(12-23)8-6-15/h2-9,14,25H,10-11H2,1H3. The molecule has 0 unspecified atom stereocenters. The molecule has 0 saturated heterocycles. The molecule has 1 heterocycles. The quantitative estimate of drug-likeness (QED) is 0.706. The number of methoxy groups -OCH3 is 1. The van der Waals surface area contributed by atoms with E-state index in [4.69, 9.17) is 15.3 Å². The number of hydrogen-bond acceptors (Lipinski definition) is 4. The minimum atomic E-state index is -0.397. The molecule has 2 aromatic carbocycles. The first-order chi connectivity index (χ1) is 13.1. The predicted molar refractivity (Wildman–Crippen MR) is 100 cm³/mol. The van der Waals surface area contributed by atoms with Crippen molar-refractivity contribution in [3.63, 3.8) is 0 Å². The van der Waals surface area contributed by atoms with Crippen molar-refractivity contribution >= 4 is 5.97 Å². The maximum absolute atomic E-state index is 12.4. The Balaban J connectivity index is 1.92. The summed E-state index contributed by atoms with van der Waals surface area (Å²) in [5, 5.41) is 18.0. The monoisotopic (exact) mass is 355 g/mol. The molecule has 0 radical (unpaired) electrons. The summed E-state index contributed by atoms with van der Waals surface area (Å²) in [5.74, 6) is -0.397. The van der Waals surface area contributed by atoms with Crippen molar-refractivity contribution in [2.75, 3.05) is 7.11 Å². The van der Waals surface area contributed by atoms with Gasteiger partial charge in [-0.25, -0.2) is 4.79 Å². The van der Waals surface area contributed by atoms with E-state index >= 15 is 0 Å². The second-order valence-electron chi connectivity index (χ2n) is 6.13. The Kier molecular flexibility index (Phi) is 5.35. The third kappa shape index (κ3) is 4.05. The average molecular weight is 355 g/mol. The molecule has 0 aliphatic heterocycles. The summed E-state index contributed by atoms with van der Waals surface area (Å²) in [5.41, 5.74) is 5.21. The number of nitrogens with zero attached hydrogens (tertiary/aromatic N) is 2. The van der Waals surface area contributed by atoms with Crippen LogP contribution >= 0.6 is 0 Å². The molecule has 0 saturated carbocycles. The van der Waals surface area contributed by atoms with Crippen LogP contribution in [0.5, 0.6) is 0 Å². The van der Waals surface area contributed by atoms with Crippen LogP contribution in [-0.4, -0.2) is 18.1 Å². The lowest BCUT2D eigenvalue weighted by Crippen LogP contribution is -2.08. The second-order valence-corrected chi connectivity index (χ2v) is 6.13.